The Labute approximate surface area is 95.3 Å². The van der Waals surface area contributed by atoms with E-state index in [1.54, 1.807) is 12.4 Å². The molecular weight excluding hydrogens is 260 g/mol. The SMILES string of the molecule is OCCCNc1nccn2c(Br)cnc12. The second-order valence-corrected chi connectivity index (χ2v) is 3.87. The Bertz CT molecular complexity index is 456. The van der Waals surface area contributed by atoms with Gasteiger partial charge in [0.1, 0.15) is 4.60 Å². The van der Waals surface area contributed by atoms with Crippen LogP contribution in [0.15, 0.2) is 23.2 Å². The van der Waals surface area contributed by atoms with Crippen molar-refractivity contribution in [3.63, 3.8) is 0 Å². The zero-order chi connectivity index (χ0) is 10.7. The second-order valence-electron chi connectivity index (χ2n) is 3.05. The van der Waals surface area contributed by atoms with E-state index in [4.69, 9.17) is 5.11 Å². The predicted octanol–water partition coefficient (Wildman–Crippen LogP) is 1.29. The summed E-state index contributed by atoms with van der Waals surface area (Å²) >= 11 is 3.39. The molecule has 0 spiro atoms. The summed E-state index contributed by atoms with van der Waals surface area (Å²) < 4.78 is 2.79. The molecule has 0 amide bonds. The highest BCUT2D eigenvalue weighted by molar-refractivity contribution is 9.10. The molecule has 5 nitrogen and oxygen atoms in total. The molecule has 80 valence electrons. The van der Waals surface area contributed by atoms with Crippen LogP contribution in [-0.4, -0.2) is 32.6 Å². The lowest BCUT2D eigenvalue weighted by Gasteiger charge is -2.05. The molecule has 2 rings (SSSR count). The second kappa shape index (κ2) is 4.59. The van der Waals surface area contributed by atoms with Crippen molar-refractivity contribution in [1.29, 1.82) is 0 Å². The van der Waals surface area contributed by atoms with Gasteiger partial charge in [0.2, 0.25) is 0 Å². The number of aliphatic hydroxyl groups is 1. The highest BCUT2D eigenvalue weighted by Gasteiger charge is 2.05. The summed E-state index contributed by atoms with van der Waals surface area (Å²) in [4.78, 5) is 8.42. The van der Waals surface area contributed by atoms with E-state index in [0.29, 0.717) is 13.0 Å². The van der Waals surface area contributed by atoms with Gasteiger partial charge in [-0.3, -0.25) is 4.40 Å². The molecule has 2 heterocycles. The number of hydrogen-bond donors (Lipinski definition) is 2. The minimum atomic E-state index is 0.175. The van der Waals surface area contributed by atoms with Crippen molar-refractivity contribution >= 4 is 27.4 Å². The normalized spacial score (nSPS) is 10.8. The van der Waals surface area contributed by atoms with Crippen molar-refractivity contribution in [2.24, 2.45) is 0 Å². The molecule has 0 aliphatic carbocycles. The largest absolute Gasteiger partial charge is 0.396 e. The lowest BCUT2D eigenvalue weighted by molar-refractivity contribution is 0.292. The summed E-state index contributed by atoms with van der Waals surface area (Å²) in [5.41, 5.74) is 0.780. The summed E-state index contributed by atoms with van der Waals surface area (Å²) in [5.74, 6) is 0.733. The fraction of sp³-hybridized carbons (Fsp3) is 0.333. The van der Waals surface area contributed by atoms with E-state index >= 15 is 0 Å². The third-order valence-corrected chi connectivity index (χ3v) is 2.60. The molecule has 0 aliphatic rings. The number of nitrogens with one attached hydrogen (secondary N) is 1. The molecule has 0 bridgehead atoms. The number of aromatic nitrogens is 3. The number of imidazole rings is 1. The average molecular weight is 271 g/mol. The monoisotopic (exact) mass is 270 g/mol. The van der Waals surface area contributed by atoms with Crippen LogP contribution in [-0.2, 0) is 0 Å². The molecule has 0 saturated carbocycles. The van der Waals surface area contributed by atoms with Crippen molar-refractivity contribution < 1.29 is 5.11 Å². The highest BCUT2D eigenvalue weighted by atomic mass is 79.9. The Morgan fingerprint density at radius 2 is 2.33 bits per heavy atom. The van der Waals surface area contributed by atoms with Crippen molar-refractivity contribution in [3.8, 4) is 0 Å². The third kappa shape index (κ3) is 2.10. The number of anilines is 1. The lowest BCUT2D eigenvalue weighted by atomic mass is 10.4. The lowest BCUT2D eigenvalue weighted by Crippen LogP contribution is -2.06. The summed E-state index contributed by atoms with van der Waals surface area (Å²) in [6.45, 7) is 0.863. The number of aliphatic hydroxyl groups excluding tert-OH is 1. The Balaban J connectivity index is 2.26. The van der Waals surface area contributed by atoms with Crippen LogP contribution in [0.25, 0.3) is 5.65 Å². The zero-order valence-corrected chi connectivity index (χ0v) is 9.61. The van der Waals surface area contributed by atoms with Crippen molar-refractivity contribution in [1.82, 2.24) is 14.4 Å². The van der Waals surface area contributed by atoms with Gasteiger partial charge < -0.3 is 10.4 Å². The van der Waals surface area contributed by atoms with Gasteiger partial charge in [-0.15, -0.1) is 0 Å². The van der Waals surface area contributed by atoms with Crippen molar-refractivity contribution in [2.75, 3.05) is 18.5 Å². The molecule has 15 heavy (non-hydrogen) atoms. The number of rotatable bonds is 4. The summed E-state index contributed by atoms with van der Waals surface area (Å²) in [6.07, 6.45) is 5.98. The van der Waals surface area contributed by atoms with Gasteiger partial charge in [-0.2, -0.15) is 0 Å². The van der Waals surface area contributed by atoms with Gasteiger partial charge in [-0.05, 0) is 22.4 Å². The van der Waals surface area contributed by atoms with Crippen molar-refractivity contribution in [3.05, 3.63) is 23.2 Å². The first-order valence-electron chi connectivity index (χ1n) is 4.65. The first-order chi connectivity index (χ1) is 7.33. The standard InChI is InChI=1S/C9H11BrN4O/c10-7-6-13-9-8(11-2-1-5-15)12-3-4-14(7)9/h3-4,6,15H,1-2,5H2,(H,11,12). The molecule has 6 heteroatoms. The Kier molecular flexibility index (Phi) is 3.17. The van der Waals surface area contributed by atoms with E-state index in [9.17, 15) is 0 Å². The molecule has 0 saturated heterocycles. The van der Waals surface area contributed by atoms with Gasteiger partial charge >= 0.3 is 0 Å². The smallest absolute Gasteiger partial charge is 0.180 e. The predicted molar refractivity (Wildman–Crippen MR) is 60.9 cm³/mol. The van der Waals surface area contributed by atoms with Crippen LogP contribution >= 0.6 is 15.9 Å². The Hall–Kier alpha value is -1.14. The van der Waals surface area contributed by atoms with E-state index in [0.717, 1.165) is 16.1 Å². The molecule has 0 fully saturated rings. The Morgan fingerprint density at radius 3 is 3.13 bits per heavy atom. The molecule has 0 aromatic carbocycles. The fourth-order valence-corrected chi connectivity index (χ4v) is 1.69. The maximum absolute atomic E-state index is 8.67. The van der Waals surface area contributed by atoms with Gasteiger partial charge in [-0.1, -0.05) is 0 Å². The van der Waals surface area contributed by atoms with Gasteiger partial charge in [0.05, 0.1) is 6.20 Å². The molecule has 0 aliphatic heterocycles. The van der Waals surface area contributed by atoms with E-state index < -0.39 is 0 Å². The summed E-state index contributed by atoms with van der Waals surface area (Å²) in [6, 6.07) is 0. The molecule has 0 atom stereocenters. The molecule has 2 aromatic heterocycles. The average Bonchev–Trinajstić information content (AvgIpc) is 2.62. The maximum Gasteiger partial charge on any atom is 0.180 e. The van der Waals surface area contributed by atoms with Crippen LogP contribution in [0.4, 0.5) is 5.82 Å². The minimum absolute atomic E-state index is 0.175. The first kappa shape index (κ1) is 10.4. The van der Waals surface area contributed by atoms with Gasteiger partial charge in [0.25, 0.3) is 0 Å². The summed E-state index contributed by atoms with van der Waals surface area (Å²) in [7, 11) is 0. The number of halogens is 1. The van der Waals surface area contributed by atoms with Gasteiger partial charge in [0, 0.05) is 25.5 Å². The van der Waals surface area contributed by atoms with Crippen LogP contribution in [0.3, 0.4) is 0 Å². The van der Waals surface area contributed by atoms with Gasteiger partial charge in [0.15, 0.2) is 11.5 Å². The number of fused-ring (bicyclic) bond motifs is 1. The van der Waals surface area contributed by atoms with Crippen LogP contribution in [0.2, 0.25) is 0 Å². The van der Waals surface area contributed by atoms with Crippen molar-refractivity contribution in [2.45, 2.75) is 6.42 Å². The van der Waals surface area contributed by atoms with E-state index in [1.165, 1.54) is 0 Å². The molecule has 2 aromatic rings. The van der Waals surface area contributed by atoms with Crippen LogP contribution in [0.1, 0.15) is 6.42 Å². The Morgan fingerprint density at radius 1 is 1.47 bits per heavy atom. The third-order valence-electron chi connectivity index (χ3n) is 2.01. The summed E-state index contributed by atoms with van der Waals surface area (Å²) in [5, 5.41) is 11.8. The minimum Gasteiger partial charge on any atom is -0.396 e. The topological polar surface area (TPSA) is 62.5 Å². The van der Waals surface area contributed by atoms with E-state index in [-0.39, 0.29) is 6.61 Å². The molecular formula is C9H11BrN4O. The van der Waals surface area contributed by atoms with E-state index in [1.807, 2.05) is 10.6 Å². The van der Waals surface area contributed by atoms with Crippen LogP contribution < -0.4 is 5.32 Å². The van der Waals surface area contributed by atoms with Crippen LogP contribution in [0.5, 0.6) is 0 Å². The quantitative estimate of drug-likeness (QED) is 0.822. The molecule has 2 N–H and O–H groups in total. The fourth-order valence-electron chi connectivity index (χ4n) is 1.30. The van der Waals surface area contributed by atoms with E-state index in [2.05, 4.69) is 31.2 Å². The van der Waals surface area contributed by atoms with Crippen LogP contribution in [0, 0.1) is 0 Å². The molecule has 0 radical (unpaired) electrons. The number of hydrogen-bond acceptors (Lipinski definition) is 4. The number of nitrogens with zero attached hydrogens (tertiary/aromatic N) is 3. The van der Waals surface area contributed by atoms with Gasteiger partial charge in [-0.25, -0.2) is 9.97 Å². The molecule has 0 unspecified atom stereocenters. The maximum atomic E-state index is 8.67. The zero-order valence-electron chi connectivity index (χ0n) is 8.02. The highest BCUT2D eigenvalue weighted by Crippen LogP contribution is 2.17. The first-order valence-corrected chi connectivity index (χ1v) is 5.44.